The lowest BCUT2D eigenvalue weighted by Gasteiger charge is -2.41. The number of hydrogen-bond acceptors (Lipinski definition) is 2. The Hall–Kier alpha value is -1.81. The van der Waals surface area contributed by atoms with Crippen molar-refractivity contribution < 1.29 is 4.79 Å². The van der Waals surface area contributed by atoms with Crippen LogP contribution in [0.25, 0.3) is 10.9 Å². The quantitative estimate of drug-likeness (QED) is 0.903. The van der Waals surface area contributed by atoms with E-state index in [-0.39, 0.29) is 5.54 Å². The molecule has 0 unspecified atom stereocenters. The first-order valence-electron chi connectivity index (χ1n) is 10.2. The summed E-state index contributed by atoms with van der Waals surface area (Å²) in [5, 5.41) is 1.18. The summed E-state index contributed by atoms with van der Waals surface area (Å²) in [6, 6.07) is 8.78. The Morgan fingerprint density at radius 2 is 2.04 bits per heavy atom. The van der Waals surface area contributed by atoms with E-state index in [1.807, 2.05) is 12.3 Å². The molecule has 2 heterocycles. The number of H-pyrrole nitrogens is 1. The van der Waals surface area contributed by atoms with E-state index in [1.54, 1.807) is 0 Å². The fourth-order valence-corrected chi connectivity index (χ4v) is 5.16. The van der Waals surface area contributed by atoms with Crippen LogP contribution in [0.5, 0.6) is 0 Å². The van der Waals surface area contributed by atoms with Crippen molar-refractivity contribution in [2.24, 2.45) is 0 Å². The highest BCUT2D eigenvalue weighted by Crippen LogP contribution is 2.43. The minimum atomic E-state index is 0.107. The van der Waals surface area contributed by atoms with Crippen LogP contribution < -0.4 is 0 Å². The Bertz CT molecular complexity index is 775. The van der Waals surface area contributed by atoms with E-state index in [9.17, 15) is 4.79 Å². The molecule has 1 saturated heterocycles. The average molecular weight is 354 g/mol. The Morgan fingerprint density at radius 1 is 1.27 bits per heavy atom. The summed E-state index contributed by atoms with van der Waals surface area (Å²) in [6.45, 7) is 4.15. The van der Waals surface area contributed by atoms with Crippen molar-refractivity contribution in [2.75, 3.05) is 20.1 Å². The van der Waals surface area contributed by atoms with Gasteiger partial charge in [0.1, 0.15) is 0 Å². The van der Waals surface area contributed by atoms with Crippen LogP contribution in [0.1, 0.15) is 51.0 Å². The van der Waals surface area contributed by atoms with Gasteiger partial charge in [-0.3, -0.25) is 4.79 Å². The van der Waals surface area contributed by atoms with Crippen LogP contribution in [0, 0.1) is 0 Å². The summed E-state index contributed by atoms with van der Waals surface area (Å²) in [7, 11) is 2.20. The van der Waals surface area contributed by atoms with Crippen molar-refractivity contribution in [3.8, 4) is 0 Å². The third-order valence-electron chi connectivity index (χ3n) is 6.81. The molecule has 140 valence electrons. The number of aromatic amines is 1. The molecule has 26 heavy (non-hydrogen) atoms. The fraction of sp³-hybridized carbons (Fsp3) is 0.591. The Morgan fingerprint density at radius 3 is 2.81 bits per heavy atom. The minimum Gasteiger partial charge on any atom is -0.361 e. The van der Waals surface area contributed by atoms with Gasteiger partial charge in [-0.1, -0.05) is 44.4 Å². The number of fused-ring (bicyclic) bond motifs is 1. The third-order valence-corrected chi connectivity index (χ3v) is 6.81. The van der Waals surface area contributed by atoms with Gasteiger partial charge >= 0.3 is 0 Å². The number of benzene rings is 1. The molecule has 1 aromatic heterocycles. The van der Waals surface area contributed by atoms with Crippen LogP contribution in [-0.4, -0.2) is 52.4 Å². The monoisotopic (exact) mass is 353 g/mol. The van der Waals surface area contributed by atoms with E-state index in [4.69, 9.17) is 0 Å². The zero-order chi connectivity index (χ0) is 18.1. The largest absolute Gasteiger partial charge is 0.361 e. The number of para-hydroxylation sites is 1. The van der Waals surface area contributed by atoms with E-state index >= 15 is 0 Å². The first kappa shape index (κ1) is 17.6. The molecule has 4 nitrogen and oxygen atoms in total. The normalized spacial score (nSPS) is 22.6. The highest BCUT2D eigenvalue weighted by Gasteiger charge is 2.48. The molecule has 1 amide bonds. The summed E-state index contributed by atoms with van der Waals surface area (Å²) in [6.07, 6.45) is 9.88. The van der Waals surface area contributed by atoms with Crippen molar-refractivity contribution in [3.63, 3.8) is 0 Å². The number of rotatable bonds is 4. The number of nitrogens with zero attached hydrogens (tertiary/aromatic N) is 2. The van der Waals surface area contributed by atoms with Crippen LogP contribution in [0.2, 0.25) is 0 Å². The molecule has 2 aliphatic rings. The lowest BCUT2D eigenvalue weighted by atomic mass is 9.79. The van der Waals surface area contributed by atoms with Crippen molar-refractivity contribution in [2.45, 2.75) is 63.5 Å². The predicted octanol–water partition coefficient (Wildman–Crippen LogP) is 3.97. The first-order valence-corrected chi connectivity index (χ1v) is 10.2. The molecule has 2 fully saturated rings. The summed E-state index contributed by atoms with van der Waals surface area (Å²) in [4.78, 5) is 21.4. The van der Waals surface area contributed by atoms with Gasteiger partial charge < -0.3 is 14.8 Å². The lowest BCUT2D eigenvalue weighted by molar-refractivity contribution is -0.135. The number of carbonyl (C=O) groups excluding carboxylic acids is 1. The molecule has 0 radical (unpaired) electrons. The topological polar surface area (TPSA) is 39.3 Å². The number of hydrogen-bond donors (Lipinski definition) is 1. The second kappa shape index (κ2) is 7.07. The molecule has 1 aliphatic heterocycles. The number of likely N-dealkylation sites (N-methyl/N-ethyl adjacent to an activating group) is 1. The van der Waals surface area contributed by atoms with Gasteiger partial charge in [0.2, 0.25) is 5.91 Å². The van der Waals surface area contributed by atoms with Crippen molar-refractivity contribution in [1.29, 1.82) is 0 Å². The first-order chi connectivity index (χ1) is 12.6. The molecule has 1 N–H and O–H groups in total. The molecule has 1 aromatic carbocycles. The minimum absolute atomic E-state index is 0.107. The predicted molar refractivity (Wildman–Crippen MR) is 106 cm³/mol. The van der Waals surface area contributed by atoms with Crippen molar-refractivity contribution in [1.82, 2.24) is 14.8 Å². The van der Waals surface area contributed by atoms with Gasteiger partial charge in [-0.15, -0.1) is 0 Å². The zero-order valence-electron chi connectivity index (χ0n) is 16.1. The molecule has 1 saturated carbocycles. The maximum absolute atomic E-state index is 13.4. The molecular weight excluding hydrogens is 322 g/mol. The number of carbonyl (C=O) groups is 1. The Balaban J connectivity index is 1.58. The van der Waals surface area contributed by atoms with Crippen LogP contribution in [0.4, 0.5) is 0 Å². The van der Waals surface area contributed by atoms with E-state index in [0.29, 0.717) is 18.4 Å². The Kier molecular flexibility index (Phi) is 4.78. The van der Waals surface area contributed by atoms with Gasteiger partial charge in [-0.05, 0) is 44.5 Å². The number of likely N-dealkylation sites (tertiary alicyclic amines) is 1. The highest BCUT2D eigenvalue weighted by atomic mass is 16.2. The molecule has 0 bridgehead atoms. The smallest absolute Gasteiger partial charge is 0.227 e. The molecule has 1 spiro atoms. The summed E-state index contributed by atoms with van der Waals surface area (Å²) in [5.41, 5.74) is 2.35. The van der Waals surface area contributed by atoms with Crippen LogP contribution in [0.3, 0.4) is 0 Å². The van der Waals surface area contributed by atoms with E-state index < -0.39 is 0 Å². The standard InChI is InChI=1S/C22H31N3O/c1-3-24(2)18-14-22(11-7-4-8-12-22)25(16-18)21(26)13-17-15-23-20-10-6-5-9-19(17)20/h5-6,9-10,15,18,23H,3-4,7-8,11-14,16H2,1-2H3/t18-/m0/s1. The van der Waals surface area contributed by atoms with Gasteiger partial charge in [-0.25, -0.2) is 0 Å². The zero-order valence-corrected chi connectivity index (χ0v) is 16.1. The summed E-state index contributed by atoms with van der Waals surface area (Å²) < 4.78 is 0. The molecule has 4 heteroatoms. The van der Waals surface area contributed by atoms with Gasteiger partial charge in [0, 0.05) is 35.2 Å². The molecule has 1 aliphatic carbocycles. The third kappa shape index (κ3) is 3.05. The van der Waals surface area contributed by atoms with Gasteiger partial charge in [0.25, 0.3) is 0 Å². The second-order valence-corrected chi connectivity index (χ2v) is 8.26. The van der Waals surface area contributed by atoms with Crippen molar-refractivity contribution >= 4 is 16.8 Å². The van der Waals surface area contributed by atoms with Crippen LogP contribution >= 0.6 is 0 Å². The number of aromatic nitrogens is 1. The fourth-order valence-electron chi connectivity index (χ4n) is 5.16. The maximum atomic E-state index is 13.4. The van der Waals surface area contributed by atoms with Crippen LogP contribution in [0.15, 0.2) is 30.5 Å². The van der Waals surface area contributed by atoms with Crippen LogP contribution in [-0.2, 0) is 11.2 Å². The van der Waals surface area contributed by atoms with E-state index in [1.165, 1.54) is 37.5 Å². The van der Waals surface area contributed by atoms with E-state index in [2.05, 4.69) is 47.0 Å². The van der Waals surface area contributed by atoms with Gasteiger partial charge in [0.15, 0.2) is 0 Å². The van der Waals surface area contributed by atoms with Gasteiger partial charge in [-0.2, -0.15) is 0 Å². The molecule has 1 atom stereocenters. The summed E-state index contributed by atoms with van der Waals surface area (Å²) in [5.74, 6) is 0.309. The van der Waals surface area contributed by atoms with Gasteiger partial charge in [0.05, 0.1) is 6.42 Å². The van der Waals surface area contributed by atoms with E-state index in [0.717, 1.165) is 30.6 Å². The number of nitrogens with one attached hydrogen (secondary N) is 1. The average Bonchev–Trinajstić information content (AvgIpc) is 3.24. The molecule has 2 aromatic rings. The highest BCUT2D eigenvalue weighted by molar-refractivity contribution is 5.89. The molecular formula is C22H31N3O. The SMILES string of the molecule is CCN(C)[C@@H]1CN(C(=O)Cc2c[nH]c3ccccc23)C2(CCCCC2)C1. The molecule has 4 rings (SSSR count). The Labute approximate surface area is 156 Å². The number of amides is 1. The maximum Gasteiger partial charge on any atom is 0.227 e. The summed E-state index contributed by atoms with van der Waals surface area (Å²) >= 11 is 0. The van der Waals surface area contributed by atoms with Crippen molar-refractivity contribution in [3.05, 3.63) is 36.0 Å². The lowest BCUT2D eigenvalue weighted by Crippen LogP contribution is -2.49. The second-order valence-electron chi connectivity index (χ2n) is 8.26.